The van der Waals surface area contributed by atoms with Gasteiger partial charge in [0.15, 0.2) is 5.13 Å². The average molecular weight is 444 g/mol. The van der Waals surface area contributed by atoms with Crippen molar-refractivity contribution in [3.8, 4) is 11.3 Å². The number of carbonyl (C=O) groups is 1. The van der Waals surface area contributed by atoms with Crippen LogP contribution in [0.5, 0.6) is 0 Å². The van der Waals surface area contributed by atoms with Gasteiger partial charge in [-0.2, -0.15) is 0 Å². The van der Waals surface area contributed by atoms with Crippen molar-refractivity contribution in [3.63, 3.8) is 0 Å². The van der Waals surface area contributed by atoms with E-state index in [1.165, 1.54) is 43.1 Å². The Morgan fingerprint density at radius 3 is 2.37 bits per heavy atom. The van der Waals surface area contributed by atoms with Gasteiger partial charge in [-0.25, -0.2) is 17.7 Å². The van der Waals surface area contributed by atoms with Crippen LogP contribution >= 0.6 is 11.3 Å². The van der Waals surface area contributed by atoms with Gasteiger partial charge in [0.2, 0.25) is 10.0 Å². The summed E-state index contributed by atoms with van der Waals surface area (Å²) in [6.07, 6.45) is 0. The van der Waals surface area contributed by atoms with E-state index in [2.05, 4.69) is 36.3 Å². The van der Waals surface area contributed by atoms with Crippen LogP contribution in [0.15, 0.2) is 52.7 Å². The molecule has 30 heavy (non-hydrogen) atoms. The lowest BCUT2D eigenvalue weighted by atomic mass is 10.0. The fourth-order valence-corrected chi connectivity index (χ4v) is 4.53. The lowest BCUT2D eigenvalue weighted by molar-refractivity contribution is 0.102. The van der Waals surface area contributed by atoms with Gasteiger partial charge in [-0.15, -0.1) is 11.3 Å². The van der Waals surface area contributed by atoms with E-state index in [1.807, 2.05) is 17.5 Å². The minimum absolute atomic E-state index is 0.0771. The van der Waals surface area contributed by atoms with Crippen molar-refractivity contribution >= 4 is 32.4 Å². The van der Waals surface area contributed by atoms with Gasteiger partial charge in [-0.3, -0.25) is 10.1 Å². The number of carbonyl (C=O) groups excluding carboxylic acids is 1. The highest BCUT2D eigenvalue weighted by atomic mass is 32.2. The van der Waals surface area contributed by atoms with Gasteiger partial charge in [-0.05, 0) is 36.1 Å². The van der Waals surface area contributed by atoms with Gasteiger partial charge in [0.25, 0.3) is 5.91 Å². The smallest absolute Gasteiger partial charge is 0.257 e. The first kappa shape index (κ1) is 22.1. The highest BCUT2D eigenvalue weighted by Crippen LogP contribution is 2.27. The number of thiazole rings is 1. The highest BCUT2D eigenvalue weighted by Gasteiger charge is 2.20. The molecule has 1 heterocycles. The maximum atomic E-state index is 12.8. The number of aryl methyl sites for hydroxylation is 1. The minimum Gasteiger partial charge on any atom is -0.298 e. The molecule has 0 aliphatic carbocycles. The average Bonchev–Trinajstić information content (AvgIpc) is 3.16. The Morgan fingerprint density at radius 1 is 1.10 bits per heavy atom. The third-order valence-electron chi connectivity index (χ3n) is 4.83. The molecule has 1 aromatic heterocycles. The second kappa shape index (κ2) is 8.67. The molecule has 0 aliphatic heterocycles. The summed E-state index contributed by atoms with van der Waals surface area (Å²) in [5, 5.41) is 5.14. The van der Waals surface area contributed by atoms with Gasteiger partial charge in [0.1, 0.15) is 0 Å². The fourth-order valence-electron chi connectivity index (χ4n) is 2.88. The van der Waals surface area contributed by atoms with Crippen molar-refractivity contribution in [3.05, 3.63) is 64.5 Å². The van der Waals surface area contributed by atoms with E-state index in [4.69, 9.17) is 0 Å². The summed E-state index contributed by atoms with van der Waals surface area (Å²) in [5.41, 5.74) is 4.01. The third kappa shape index (κ3) is 4.61. The molecule has 0 unspecified atom stereocenters. The molecule has 3 rings (SSSR count). The molecular formula is C22H25N3O3S2. The molecule has 8 heteroatoms. The third-order valence-corrected chi connectivity index (χ3v) is 7.40. The summed E-state index contributed by atoms with van der Waals surface area (Å²) in [5.74, 6) is 0.0685. The highest BCUT2D eigenvalue weighted by molar-refractivity contribution is 7.89. The number of nitrogens with one attached hydrogen (secondary N) is 1. The molecule has 0 atom stereocenters. The Morgan fingerprint density at radius 2 is 1.77 bits per heavy atom. The summed E-state index contributed by atoms with van der Waals surface area (Å²) >= 11 is 1.33. The number of rotatable bonds is 6. The molecule has 3 aromatic rings. The van der Waals surface area contributed by atoms with Crippen molar-refractivity contribution < 1.29 is 13.2 Å². The van der Waals surface area contributed by atoms with E-state index in [0.29, 0.717) is 22.2 Å². The maximum Gasteiger partial charge on any atom is 0.257 e. The molecule has 0 saturated carbocycles. The van der Waals surface area contributed by atoms with Crippen LogP contribution in [0.1, 0.15) is 41.3 Å². The van der Waals surface area contributed by atoms with E-state index in [9.17, 15) is 13.2 Å². The zero-order valence-electron chi connectivity index (χ0n) is 17.6. The Hall–Kier alpha value is -2.55. The summed E-state index contributed by atoms with van der Waals surface area (Å²) in [6, 6.07) is 12.7. The number of nitrogens with zero attached hydrogens (tertiary/aromatic N) is 2. The minimum atomic E-state index is -3.62. The molecule has 0 saturated heterocycles. The first-order valence-corrected chi connectivity index (χ1v) is 11.8. The van der Waals surface area contributed by atoms with Crippen molar-refractivity contribution in [1.29, 1.82) is 0 Å². The molecule has 0 spiro atoms. The van der Waals surface area contributed by atoms with Crippen LogP contribution in [0.3, 0.4) is 0 Å². The van der Waals surface area contributed by atoms with E-state index in [-0.39, 0.29) is 10.8 Å². The normalized spacial score (nSPS) is 11.8. The van der Waals surface area contributed by atoms with Crippen molar-refractivity contribution in [2.24, 2.45) is 0 Å². The van der Waals surface area contributed by atoms with Gasteiger partial charge in [0.05, 0.1) is 10.6 Å². The molecule has 6 nitrogen and oxygen atoms in total. The van der Waals surface area contributed by atoms with Crippen LogP contribution in [-0.4, -0.2) is 37.7 Å². The van der Waals surface area contributed by atoms with Crippen LogP contribution in [-0.2, 0) is 10.0 Å². The van der Waals surface area contributed by atoms with Crippen LogP contribution < -0.4 is 5.32 Å². The fraction of sp³-hybridized carbons (Fsp3) is 0.273. The maximum absolute atomic E-state index is 12.8. The molecule has 158 valence electrons. The predicted octanol–water partition coefficient (Wildman–Crippen LogP) is 4.74. The molecule has 1 N–H and O–H groups in total. The lowest BCUT2D eigenvalue weighted by Gasteiger charge is -2.13. The molecule has 0 radical (unpaired) electrons. The summed E-state index contributed by atoms with van der Waals surface area (Å²) in [4.78, 5) is 17.4. The molecule has 0 bridgehead atoms. The number of amides is 1. The first-order chi connectivity index (χ1) is 14.1. The SMILES string of the molecule is Cc1ccc(S(=O)(=O)N(C)C)cc1C(=O)Nc1nc(-c2ccc(C(C)C)cc2)cs1. The van der Waals surface area contributed by atoms with Crippen molar-refractivity contribution in [1.82, 2.24) is 9.29 Å². The van der Waals surface area contributed by atoms with E-state index >= 15 is 0 Å². The Labute approximate surface area is 181 Å². The number of hydrogen-bond donors (Lipinski definition) is 1. The van der Waals surface area contributed by atoms with E-state index in [1.54, 1.807) is 13.0 Å². The van der Waals surface area contributed by atoms with Crippen molar-refractivity contribution in [2.75, 3.05) is 19.4 Å². The number of aromatic nitrogens is 1. The Balaban J connectivity index is 1.82. The van der Waals surface area contributed by atoms with Crippen LogP contribution in [0.4, 0.5) is 5.13 Å². The lowest BCUT2D eigenvalue weighted by Crippen LogP contribution is -2.23. The predicted molar refractivity (Wildman–Crippen MR) is 122 cm³/mol. The van der Waals surface area contributed by atoms with Crippen LogP contribution in [0, 0.1) is 6.92 Å². The van der Waals surface area contributed by atoms with Gasteiger partial charge >= 0.3 is 0 Å². The Bertz CT molecular complexity index is 1160. The second-order valence-electron chi connectivity index (χ2n) is 7.53. The monoisotopic (exact) mass is 443 g/mol. The number of anilines is 1. The molecule has 0 aliphatic rings. The summed E-state index contributed by atoms with van der Waals surface area (Å²) in [6.45, 7) is 6.06. The standard InChI is InChI=1S/C22H25N3O3S2/c1-14(2)16-7-9-17(10-8-16)20-13-29-22(23-20)24-21(26)19-12-18(11-6-15(19)3)30(27,28)25(4)5/h6-14H,1-5H3,(H,23,24,26). The van der Waals surface area contributed by atoms with Gasteiger partial charge < -0.3 is 0 Å². The summed E-state index contributed by atoms with van der Waals surface area (Å²) in [7, 11) is -0.708. The molecule has 0 fully saturated rings. The Kier molecular flexibility index (Phi) is 6.40. The molecule has 1 amide bonds. The largest absolute Gasteiger partial charge is 0.298 e. The van der Waals surface area contributed by atoms with Gasteiger partial charge in [0, 0.05) is 30.6 Å². The molecular weight excluding hydrogens is 418 g/mol. The number of benzene rings is 2. The topological polar surface area (TPSA) is 79.4 Å². The zero-order chi connectivity index (χ0) is 22.1. The van der Waals surface area contributed by atoms with Crippen LogP contribution in [0.25, 0.3) is 11.3 Å². The van der Waals surface area contributed by atoms with Crippen molar-refractivity contribution in [2.45, 2.75) is 31.6 Å². The zero-order valence-corrected chi connectivity index (χ0v) is 19.3. The van der Waals surface area contributed by atoms with Gasteiger partial charge in [-0.1, -0.05) is 44.2 Å². The molecule has 2 aromatic carbocycles. The van der Waals surface area contributed by atoms with Crippen LogP contribution in [0.2, 0.25) is 0 Å². The van der Waals surface area contributed by atoms with E-state index in [0.717, 1.165) is 15.6 Å². The first-order valence-electron chi connectivity index (χ1n) is 9.50. The second-order valence-corrected chi connectivity index (χ2v) is 10.5. The quantitative estimate of drug-likeness (QED) is 0.596. The van der Waals surface area contributed by atoms with E-state index < -0.39 is 10.0 Å². The summed E-state index contributed by atoms with van der Waals surface area (Å²) < 4.78 is 25.9. The number of sulfonamides is 1. The number of hydrogen-bond acceptors (Lipinski definition) is 5.